The number of hydrogen-bond acceptors (Lipinski definition) is 5. The van der Waals surface area contributed by atoms with E-state index in [1.165, 1.54) is 13.2 Å². The van der Waals surface area contributed by atoms with E-state index in [-0.39, 0.29) is 12.4 Å². The molecule has 0 amide bonds. The van der Waals surface area contributed by atoms with Crippen molar-refractivity contribution >= 4 is 11.7 Å². The number of ether oxygens (including phenoxy) is 3. The molecule has 0 heterocycles. The third kappa shape index (κ3) is 5.15. The van der Waals surface area contributed by atoms with Crippen molar-refractivity contribution in [2.45, 2.75) is 58.1 Å². The molecule has 1 aliphatic carbocycles. The summed E-state index contributed by atoms with van der Waals surface area (Å²) >= 11 is 0. The van der Waals surface area contributed by atoms with Gasteiger partial charge >= 0.3 is 5.97 Å². The fourth-order valence-electron chi connectivity index (χ4n) is 3.83. The smallest absolute Gasteiger partial charge is 0.329 e. The predicted molar refractivity (Wildman–Crippen MR) is 122 cm³/mol. The molecule has 1 saturated carbocycles. The maximum absolute atomic E-state index is 15.3. The van der Waals surface area contributed by atoms with Crippen LogP contribution in [0, 0.1) is 5.82 Å². The lowest BCUT2D eigenvalue weighted by atomic mass is 9.76. The molecule has 0 aromatic heterocycles. The fourth-order valence-corrected chi connectivity index (χ4v) is 3.83. The van der Waals surface area contributed by atoms with Crippen LogP contribution in [0.25, 0.3) is 11.1 Å². The van der Waals surface area contributed by atoms with E-state index >= 15 is 4.39 Å². The van der Waals surface area contributed by atoms with E-state index in [2.05, 4.69) is 12.2 Å². The summed E-state index contributed by atoms with van der Waals surface area (Å²) in [7, 11) is 1.53. The minimum Gasteiger partial charge on any atom is -0.497 e. The van der Waals surface area contributed by atoms with Crippen LogP contribution in [0.5, 0.6) is 11.5 Å². The van der Waals surface area contributed by atoms with Gasteiger partial charge in [-0.2, -0.15) is 0 Å². The second kappa shape index (κ2) is 10.7. The fraction of sp³-hybridized carbons (Fsp3) is 0.480. The Morgan fingerprint density at radius 1 is 1.19 bits per heavy atom. The third-order valence-electron chi connectivity index (χ3n) is 5.84. The van der Waals surface area contributed by atoms with Crippen molar-refractivity contribution in [2.75, 3.05) is 25.6 Å². The highest BCUT2D eigenvalue weighted by Gasteiger charge is 2.44. The molecule has 1 fully saturated rings. The van der Waals surface area contributed by atoms with E-state index in [9.17, 15) is 9.90 Å². The summed E-state index contributed by atoms with van der Waals surface area (Å²) in [5, 5.41) is 12.8. The van der Waals surface area contributed by atoms with E-state index in [0.717, 1.165) is 24.8 Å². The maximum Gasteiger partial charge on any atom is 0.329 e. The normalized spacial score (nSPS) is 14.5. The van der Waals surface area contributed by atoms with Gasteiger partial charge in [0.1, 0.15) is 11.3 Å². The Morgan fingerprint density at radius 3 is 2.56 bits per heavy atom. The Labute approximate surface area is 188 Å². The molecule has 2 N–H and O–H groups in total. The van der Waals surface area contributed by atoms with Crippen LogP contribution in [0.15, 0.2) is 30.3 Å². The third-order valence-corrected chi connectivity index (χ3v) is 5.84. The standard InChI is InChI=1S/C25H32FNO5/c1-4-6-12-31-16-17-13-18(27-25(24(28)29)10-7-11-25)8-9-20(17)21-14-19(30-3)15-22(23(21)26)32-5-2/h8-9,13-15,27H,4-7,10-12,16H2,1-3H3,(H,28,29). The first kappa shape index (κ1) is 23.9. The van der Waals surface area contributed by atoms with Gasteiger partial charge in [-0.05, 0) is 61.9 Å². The number of anilines is 1. The molecule has 0 radical (unpaired) electrons. The van der Waals surface area contributed by atoms with Crippen molar-refractivity contribution in [1.29, 1.82) is 0 Å². The molecule has 0 spiro atoms. The predicted octanol–water partition coefficient (Wildman–Crippen LogP) is 5.64. The van der Waals surface area contributed by atoms with Crippen molar-refractivity contribution in [2.24, 2.45) is 0 Å². The van der Waals surface area contributed by atoms with Gasteiger partial charge in [0, 0.05) is 23.9 Å². The average molecular weight is 446 g/mol. The lowest BCUT2D eigenvalue weighted by Crippen LogP contribution is -2.52. The molecule has 174 valence electrons. The zero-order valence-corrected chi connectivity index (χ0v) is 19.0. The molecule has 7 heteroatoms. The van der Waals surface area contributed by atoms with Gasteiger partial charge in [-0.1, -0.05) is 19.4 Å². The van der Waals surface area contributed by atoms with Gasteiger partial charge in [0.05, 0.1) is 20.3 Å². The highest BCUT2D eigenvalue weighted by molar-refractivity contribution is 5.84. The molecular weight excluding hydrogens is 413 g/mol. The number of nitrogens with one attached hydrogen (secondary N) is 1. The van der Waals surface area contributed by atoms with Crippen LogP contribution in [-0.4, -0.2) is 36.9 Å². The Bertz CT molecular complexity index is 942. The Hall–Kier alpha value is -2.80. The molecule has 0 saturated heterocycles. The number of aliphatic carboxylic acids is 1. The lowest BCUT2D eigenvalue weighted by molar-refractivity contribution is -0.145. The molecule has 1 aliphatic rings. The zero-order valence-electron chi connectivity index (χ0n) is 19.0. The average Bonchev–Trinajstić information content (AvgIpc) is 2.75. The number of carboxylic acids is 1. The molecule has 0 unspecified atom stereocenters. The Kier molecular flexibility index (Phi) is 7.96. The quantitative estimate of drug-likeness (QED) is 0.412. The van der Waals surface area contributed by atoms with Gasteiger partial charge in [0.25, 0.3) is 0 Å². The molecule has 3 rings (SSSR count). The van der Waals surface area contributed by atoms with Crippen molar-refractivity contribution in [3.05, 3.63) is 41.7 Å². The first-order valence-electron chi connectivity index (χ1n) is 11.2. The van der Waals surface area contributed by atoms with Crippen LogP contribution >= 0.6 is 0 Å². The molecule has 2 aromatic carbocycles. The summed E-state index contributed by atoms with van der Waals surface area (Å²) < 4.78 is 32.0. The van der Waals surface area contributed by atoms with E-state index < -0.39 is 17.3 Å². The largest absolute Gasteiger partial charge is 0.497 e. The van der Waals surface area contributed by atoms with Crippen molar-refractivity contribution < 1.29 is 28.5 Å². The highest BCUT2D eigenvalue weighted by Crippen LogP contribution is 2.39. The van der Waals surface area contributed by atoms with Crippen molar-refractivity contribution in [1.82, 2.24) is 0 Å². The monoisotopic (exact) mass is 445 g/mol. The van der Waals surface area contributed by atoms with Crippen molar-refractivity contribution in [3.63, 3.8) is 0 Å². The van der Waals surface area contributed by atoms with Crippen LogP contribution in [0.4, 0.5) is 10.1 Å². The molecule has 0 atom stereocenters. The number of rotatable bonds is 12. The topological polar surface area (TPSA) is 77.0 Å². The minimum atomic E-state index is -0.939. The second-order valence-electron chi connectivity index (χ2n) is 8.06. The lowest BCUT2D eigenvalue weighted by Gasteiger charge is -2.39. The van der Waals surface area contributed by atoms with Gasteiger partial charge in [-0.3, -0.25) is 0 Å². The SMILES string of the molecule is CCCCOCc1cc(NC2(C(=O)O)CCC2)ccc1-c1cc(OC)cc(OCC)c1F. The summed E-state index contributed by atoms with van der Waals surface area (Å²) in [6.07, 6.45) is 3.97. The summed E-state index contributed by atoms with van der Waals surface area (Å²) in [6, 6.07) is 8.60. The number of unbranched alkanes of at least 4 members (excludes halogenated alkanes) is 1. The number of methoxy groups -OCH3 is 1. The Morgan fingerprint density at radius 2 is 1.97 bits per heavy atom. The Balaban J connectivity index is 2.01. The molecule has 6 nitrogen and oxygen atoms in total. The van der Waals surface area contributed by atoms with Crippen LogP contribution < -0.4 is 14.8 Å². The van der Waals surface area contributed by atoms with Crippen LogP contribution in [0.2, 0.25) is 0 Å². The summed E-state index contributed by atoms with van der Waals surface area (Å²) in [5.74, 6) is -0.705. The molecular formula is C25H32FNO5. The number of benzene rings is 2. The van der Waals surface area contributed by atoms with Gasteiger partial charge < -0.3 is 24.6 Å². The maximum atomic E-state index is 15.3. The zero-order chi connectivity index (χ0) is 23.1. The van der Waals surface area contributed by atoms with E-state index in [4.69, 9.17) is 14.2 Å². The molecule has 2 aromatic rings. The van der Waals surface area contributed by atoms with Crippen molar-refractivity contribution in [3.8, 4) is 22.6 Å². The minimum absolute atomic E-state index is 0.126. The highest BCUT2D eigenvalue weighted by atomic mass is 19.1. The van der Waals surface area contributed by atoms with Gasteiger partial charge in [-0.25, -0.2) is 9.18 Å². The van der Waals surface area contributed by atoms with Crippen LogP contribution in [0.3, 0.4) is 0 Å². The molecule has 0 aliphatic heterocycles. The first-order chi connectivity index (χ1) is 15.4. The second-order valence-corrected chi connectivity index (χ2v) is 8.06. The number of halogens is 1. The number of hydrogen-bond donors (Lipinski definition) is 2. The summed E-state index contributed by atoms with van der Waals surface area (Å²) in [6.45, 7) is 5.09. The molecule has 0 bridgehead atoms. The first-order valence-corrected chi connectivity index (χ1v) is 11.2. The number of carbonyl (C=O) groups is 1. The summed E-state index contributed by atoms with van der Waals surface area (Å²) in [5.41, 5.74) is 1.51. The number of carboxylic acid groups (broad SMARTS) is 1. The van der Waals surface area contributed by atoms with E-state index in [1.807, 2.05) is 6.07 Å². The van der Waals surface area contributed by atoms with Crippen LogP contribution in [-0.2, 0) is 16.1 Å². The molecule has 32 heavy (non-hydrogen) atoms. The van der Waals surface area contributed by atoms with Gasteiger partial charge in [0.2, 0.25) is 0 Å². The van der Waals surface area contributed by atoms with E-state index in [0.29, 0.717) is 48.6 Å². The van der Waals surface area contributed by atoms with Gasteiger partial charge in [0.15, 0.2) is 11.6 Å². The summed E-state index contributed by atoms with van der Waals surface area (Å²) in [4.78, 5) is 11.8. The van der Waals surface area contributed by atoms with Crippen LogP contribution in [0.1, 0.15) is 51.5 Å². The van der Waals surface area contributed by atoms with Gasteiger partial charge in [-0.15, -0.1) is 0 Å². The van der Waals surface area contributed by atoms with E-state index in [1.54, 1.807) is 25.1 Å².